The zero-order chi connectivity index (χ0) is 13.9. The molecule has 1 aliphatic heterocycles. The summed E-state index contributed by atoms with van der Waals surface area (Å²) in [4.78, 5) is 8.90. The van der Waals surface area contributed by atoms with Crippen molar-refractivity contribution < 1.29 is 0 Å². The third-order valence-corrected chi connectivity index (χ3v) is 4.30. The van der Waals surface area contributed by atoms with Gasteiger partial charge in [-0.1, -0.05) is 27.5 Å². The Kier molecular flexibility index (Phi) is 4.13. The van der Waals surface area contributed by atoms with E-state index in [0.717, 1.165) is 36.3 Å². The maximum Gasteiger partial charge on any atom is 0.129 e. The van der Waals surface area contributed by atoms with Crippen molar-refractivity contribution in [1.29, 1.82) is 0 Å². The Labute approximate surface area is 132 Å². The molecule has 3 nitrogen and oxygen atoms in total. The summed E-state index contributed by atoms with van der Waals surface area (Å²) >= 11 is 9.30. The van der Waals surface area contributed by atoms with E-state index >= 15 is 0 Å². The summed E-state index contributed by atoms with van der Waals surface area (Å²) in [7, 11) is 0. The highest BCUT2D eigenvalue weighted by molar-refractivity contribution is 9.10. The molecule has 0 atom stereocenters. The number of nitrogens with zero attached hydrogens (tertiary/aromatic N) is 3. The Morgan fingerprint density at radius 1 is 0.850 bits per heavy atom. The third-order valence-electron chi connectivity index (χ3n) is 3.55. The SMILES string of the molecule is Clc1ccc(N2CCN(c3ccc(Br)cc3)CC2)cn1. The summed E-state index contributed by atoms with van der Waals surface area (Å²) in [5.41, 5.74) is 2.42. The molecule has 1 aliphatic rings. The Balaban J connectivity index is 1.64. The van der Waals surface area contributed by atoms with Crippen LogP contribution in [0.25, 0.3) is 0 Å². The molecule has 2 aromatic rings. The van der Waals surface area contributed by atoms with Crippen molar-refractivity contribution in [3.8, 4) is 0 Å². The lowest BCUT2D eigenvalue weighted by molar-refractivity contribution is 0.653. The molecule has 0 amide bonds. The van der Waals surface area contributed by atoms with Crippen LogP contribution in [0.1, 0.15) is 0 Å². The van der Waals surface area contributed by atoms with E-state index in [9.17, 15) is 0 Å². The van der Waals surface area contributed by atoms with Crippen LogP contribution in [0, 0.1) is 0 Å². The van der Waals surface area contributed by atoms with E-state index in [-0.39, 0.29) is 0 Å². The van der Waals surface area contributed by atoms with Crippen LogP contribution >= 0.6 is 27.5 Å². The Hall–Kier alpha value is -1.26. The van der Waals surface area contributed by atoms with Gasteiger partial charge >= 0.3 is 0 Å². The summed E-state index contributed by atoms with van der Waals surface area (Å²) in [5.74, 6) is 0. The van der Waals surface area contributed by atoms with E-state index in [1.807, 2.05) is 18.3 Å². The van der Waals surface area contributed by atoms with Crippen LogP contribution in [0.15, 0.2) is 47.1 Å². The molecule has 0 aliphatic carbocycles. The van der Waals surface area contributed by atoms with E-state index < -0.39 is 0 Å². The minimum Gasteiger partial charge on any atom is -0.368 e. The van der Waals surface area contributed by atoms with Gasteiger partial charge in [0.25, 0.3) is 0 Å². The van der Waals surface area contributed by atoms with Crippen molar-refractivity contribution in [2.75, 3.05) is 36.0 Å². The van der Waals surface area contributed by atoms with Gasteiger partial charge in [-0.05, 0) is 36.4 Å². The van der Waals surface area contributed by atoms with Crippen LogP contribution in [0.3, 0.4) is 0 Å². The standard InChI is InChI=1S/C15H15BrClN3/c16-12-1-3-13(4-2-12)19-7-9-20(10-8-19)14-5-6-15(17)18-11-14/h1-6,11H,7-10H2. The number of aromatic nitrogens is 1. The van der Waals surface area contributed by atoms with Crippen LogP contribution in [-0.4, -0.2) is 31.2 Å². The van der Waals surface area contributed by atoms with Crippen LogP contribution in [0.5, 0.6) is 0 Å². The van der Waals surface area contributed by atoms with Crippen LogP contribution in [0.4, 0.5) is 11.4 Å². The average Bonchev–Trinajstić information content (AvgIpc) is 2.49. The molecular formula is C15H15BrClN3. The van der Waals surface area contributed by atoms with Gasteiger partial charge in [-0.25, -0.2) is 4.98 Å². The number of piperazine rings is 1. The molecule has 1 fully saturated rings. The monoisotopic (exact) mass is 351 g/mol. The van der Waals surface area contributed by atoms with Gasteiger partial charge in [-0.2, -0.15) is 0 Å². The second-order valence-corrected chi connectivity index (χ2v) is 6.09. The van der Waals surface area contributed by atoms with Crippen molar-refractivity contribution >= 4 is 38.9 Å². The minimum absolute atomic E-state index is 0.544. The Morgan fingerprint density at radius 3 is 1.95 bits per heavy atom. The van der Waals surface area contributed by atoms with Crippen molar-refractivity contribution in [2.24, 2.45) is 0 Å². The Bertz CT molecular complexity index is 509. The quantitative estimate of drug-likeness (QED) is 0.766. The van der Waals surface area contributed by atoms with Gasteiger partial charge < -0.3 is 9.80 Å². The van der Waals surface area contributed by atoms with Crippen molar-refractivity contribution in [2.45, 2.75) is 0 Å². The molecule has 0 radical (unpaired) electrons. The smallest absolute Gasteiger partial charge is 0.129 e. The number of benzene rings is 1. The maximum atomic E-state index is 5.82. The van der Waals surface area contributed by atoms with Gasteiger partial charge in [0.2, 0.25) is 0 Å². The molecule has 104 valence electrons. The van der Waals surface area contributed by atoms with E-state index in [2.05, 4.69) is 55.0 Å². The van der Waals surface area contributed by atoms with Crippen molar-refractivity contribution in [3.63, 3.8) is 0 Å². The first kappa shape index (κ1) is 13.7. The van der Waals surface area contributed by atoms with Crippen molar-refractivity contribution in [3.05, 3.63) is 52.2 Å². The third kappa shape index (κ3) is 3.07. The number of rotatable bonds is 2. The van der Waals surface area contributed by atoms with E-state index in [1.165, 1.54) is 5.69 Å². The second kappa shape index (κ2) is 6.02. The molecule has 5 heteroatoms. The van der Waals surface area contributed by atoms with Gasteiger partial charge in [0.1, 0.15) is 5.15 Å². The molecule has 1 saturated heterocycles. The van der Waals surface area contributed by atoms with E-state index in [1.54, 1.807) is 0 Å². The summed E-state index contributed by atoms with van der Waals surface area (Å²) in [6.07, 6.45) is 1.84. The molecule has 0 unspecified atom stereocenters. The van der Waals surface area contributed by atoms with Gasteiger partial charge in [-0.3, -0.25) is 0 Å². The van der Waals surface area contributed by atoms with Crippen LogP contribution in [0.2, 0.25) is 5.15 Å². The molecule has 0 spiro atoms. The molecule has 1 aromatic heterocycles. The lowest BCUT2D eigenvalue weighted by Gasteiger charge is -2.37. The average molecular weight is 353 g/mol. The number of anilines is 2. The predicted molar refractivity (Wildman–Crippen MR) is 87.8 cm³/mol. The molecule has 0 bridgehead atoms. The summed E-state index contributed by atoms with van der Waals surface area (Å²) in [6, 6.07) is 12.4. The number of hydrogen-bond donors (Lipinski definition) is 0. The molecule has 2 heterocycles. The molecular weight excluding hydrogens is 338 g/mol. The first-order valence-electron chi connectivity index (χ1n) is 6.59. The molecule has 0 N–H and O–H groups in total. The van der Waals surface area contributed by atoms with E-state index in [4.69, 9.17) is 11.6 Å². The fourth-order valence-corrected chi connectivity index (χ4v) is 2.81. The lowest BCUT2D eigenvalue weighted by atomic mass is 10.2. The number of hydrogen-bond acceptors (Lipinski definition) is 3. The zero-order valence-electron chi connectivity index (χ0n) is 11.0. The summed E-state index contributed by atoms with van der Waals surface area (Å²) < 4.78 is 1.12. The highest BCUT2D eigenvalue weighted by Gasteiger charge is 2.17. The topological polar surface area (TPSA) is 19.4 Å². The highest BCUT2D eigenvalue weighted by Crippen LogP contribution is 2.22. The minimum atomic E-state index is 0.544. The van der Waals surface area contributed by atoms with E-state index in [0.29, 0.717) is 5.15 Å². The van der Waals surface area contributed by atoms with Gasteiger partial charge in [0.05, 0.1) is 11.9 Å². The maximum absolute atomic E-state index is 5.82. The Morgan fingerprint density at radius 2 is 1.40 bits per heavy atom. The highest BCUT2D eigenvalue weighted by atomic mass is 79.9. The molecule has 0 saturated carbocycles. The van der Waals surface area contributed by atoms with Crippen LogP contribution < -0.4 is 9.80 Å². The second-order valence-electron chi connectivity index (χ2n) is 4.79. The first-order valence-corrected chi connectivity index (χ1v) is 7.76. The summed E-state index contributed by atoms with van der Waals surface area (Å²) in [6.45, 7) is 4.03. The fourth-order valence-electron chi connectivity index (χ4n) is 2.43. The molecule has 3 rings (SSSR count). The van der Waals surface area contributed by atoms with Crippen LogP contribution in [-0.2, 0) is 0 Å². The predicted octanol–water partition coefficient (Wildman–Crippen LogP) is 3.82. The first-order chi connectivity index (χ1) is 9.72. The lowest BCUT2D eigenvalue weighted by Crippen LogP contribution is -2.46. The zero-order valence-corrected chi connectivity index (χ0v) is 13.3. The van der Waals surface area contributed by atoms with Crippen molar-refractivity contribution in [1.82, 2.24) is 4.98 Å². The number of halogens is 2. The number of pyridine rings is 1. The molecule has 20 heavy (non-hydrogen) atoms. The van der Waals surface area contributed by atoms with Gasteiger partial charge in [0.15, 0.2) is 0 Å². The normalized spacial score (nSPS) is 15.5. The summed E-state index contributed by atoms with van der Waals surface area (Å²) in [5, 5.41) is 0.544. The van der Waals surface area contributed by atoms with Gasteiger partial charge in [-0.15, -0.1) is 0 Å². The largest absolute Gasteiger partial charge is 0.368 e. The molecule has 1 aromatic carbocycles. The van der Waals surface area contributed by atoms with Gasteiger partial charge in [0, 0.05) is 36.3 Å². The fraction of sp³-hybridized carbons (Fsp3) is 0.267.